The second-order valence-electron chi connectivity index (χ2n) is 9.87. The zero-order valence-electron chi connectivity index (χ0n) is 21.0. The maximum absolute atomic E-state index is 14.7. The topological polar surface area (TPSA) is 35.0 Å². The molecule has 1 saturated carbocycles. The number of hydrogen-bond donors (Lipinski definition) is 0. The molecular formula is C29H42F2N2O. The molecular weight excluding hydrogens is 430 g/mol. The molecule has 5 heteroatoms. The van der Waals surface area contributed by atoms with Gasteiger partial charge in [-0.05, 0) is 42.9 Å². The van der Waals surface area contributed by atoms with E-state index in [2.05, 4.69) is 16.9 Å². The number of ether oxygens (including phenoxy) is 1. The van der Waals surface area contributed by atoms with Crippen molar-refractivity contribution in [2.75, 3.05) is 6.61 Å². The Morgan fingerprint density at radius 3 is 2.26 bits per heavy atom. The van der Waals surface area contributed by atoms with E-state index in [0.29, 0.717) is 6.61 Å². The van der Waals surface area contributed by atoms with E-state index < -0.39 is 11.6 Å². The molecule has 0 spiro atoms. The van der Waals surface area contributed by atoms with Crippen LogP contribution in [0.4, 0.5) is 8.78 Å². The maximum Gasteiger partial charge on any atom is 0.201 e. The van der Waals surface area contributed by atoms with E-state index in [-0.39, 0.29) is 17.1 Å². The number of unbranched alkanes of at least 4 members (excludes halogenated alkanes) is 8. The van der Waals surface area contributed by atoms with Crippen LogP contribution in [0.25, 0.3) is 11.4 Å². The summed E-state index contributed by atoms with van der Waals surface area (Å²) in [6.07, 6.45) is 23.1. The molecule has 3 nitrogen and oxygen atoms in total. The fraction of sp³-hybridized carbons (Fsp3) is 0.655. The van der Waals surface area contributed by atoms with Gasteiger partial charge in [0.05, 0.1) is 12.2 Å². The fourth-order valence-corrected chi connectivity index (χ4v) is 4.92. The summed E-state index contributed by atoms with van der Waals surface area (Å²) in [4.78, 5) is 8.55. The summed E-state index contributed by atoms with van der Waals surface area (Å²) in [7, 11) is 0. The van der Waals surface area contributed by atoms with Crippen molar-refractivity contribution in [3.63, 3.8) is 0 Å². The third-order valence-corrected chi connectivity index (χ3v) is 7.05. The van der Waals surface area contributed by atoms with Crippen LogP contribution in [-0.2, 0) is 6.42 Å². The Kier molecular flexibility index (Phi) is 11.8. The second kappa shape index (κ2) is 15.1. The molecule has 1 aliphatic rings. The maximum atomic E-state index is 14.7. The molecule has 0 atom stereocenters. The molecule has 188 valence electrons. The summed E-state index contributed by atoms with van der Waals surface area (Å²) in [5.74, 6) is -0.774. The van der Waals surface area contributed by atoms with Gasteiger partial charge in [-0.2, -0.15) is 4.39 Å². The smallest absolute Gasteiger partial charge is 0.201 e. The first-order valence-electron chi connectivity index (χ1n) is 13.6. The van der Waals surface area contributed by atoms with E-state index in [4.69, 9.17) is 4.74 Å². The van der Waals surface area contributed by atoms with E-state index in [1.165, 1.54) is 89.2 Å². The number of rotatable bonds is 16. The predicted molar refractivity (Wildman–Crippen MR) is 135 cm³/mol. The summed E-state index contributed by atoms with van der Waals surface area (Å²) in [5, 5.41) is 0. The number of hydrogen-bond acceptors (Lipinski definition) is 3. The van der Waals surface area contributed by atoms with Gasteiger partial charge in [0.25, 0.3) is 0 Å². The molecule has 0 N–H and O–H groups in total. The number of aryl methyl sites for hydroxylation is 1. The average molecular weight is 473 g/mol. The third-order valence-electron chi connectivity index (χ3n) is 7.05. The van der Waals surface area contributed by atoms with Gasteiger partial charge in [-0.1, -0.05) is 90.4 Å². The molecule has 0 bridgehead atoms. The molecule has 34 heavy (non-hydrogen) atoms. The Hall–Kier alpha value is -2.04. The normalized spacial score (nSPS) is 14.1. The van der Waals surface area contributed by atoms with Crippen molar-refractivity contribution in [1.29, 1.82) is 0 Å². The van der Waals surface area contributed by atoms with E-state index in [1.54, 1.807) is 12.4 Å². The van der Waals surface area contributed by atoms with Gasteiger partial charge in [0.15, 0.2) is 17.4 Å². The van der Waals surface area contributed by atoms with E-state index >= 15 is 0 Å². The highest BCUT2D eigenvalue weighted by Gasteiger charge is 2.18. The molecule has 0 unspecified atom stereocenters. The number of aromatic nitrogens is 2. The van der Waals surface area contributed by atoms with Crippen LogP contribution >= 0.6 is 0 Å². The first-order chi connectivity index (χ1) is 16.7. The number of nitrogens with zero attached hydrogens (tertiary/aromatic N) is 2. The zero-order chi connectivity index (χ0) is 24.0. The number of halogens is 2. The highest BCUT2D eigenvalue weighted by molar-refractivity contribution is 5.57. The summed E-state index contributed by atoms with van der Waals surface area (Å²) in [6, 6.07) is 3.00. The van der Waals surface area contributed by atoms with Crippen LogP contribution in [-0.4, -0.2) is 16.6 Å². The predicted octanol–water partition coefficient (Wildman–Crippen LogP) is 8.84. The summed E-state index contributed by atoms with van der Waals surface area (Å²) < 4.78 is 34.8. The van der Waals surface area contributed by atoms with Crippen LogP contribution in [0.5, 0.6) is 5.75 Å². The lowest BCUT2D eigenvalue weighted by molar-refractivity contribution is 0.284. The monoisotopic (exact) mass is 472 g/mol. The molecule has 1 heterocycles. The lowest BCUT2D eigenvalue weighted by Crippen LogP contribution is -2.03. The van der Waals surface area contributed by atoms with Gasteiger partial charge in [-0.15, -0.1) is 0 Å². The average Bonchev–Trinajstić information content (AvgIpc) is 3.37. The van der Waals surface area contributed by atoms with Gasteiger partial charge in [-0.25, -0.2) is 14.4 Å². The lowest BCUT2D eigenvalue weighted by atomic mass is 9.99. The molecule has 0 aliphatic heterocycles. The minimum Gasteiger partial charge on any atom is -0.490 e. The Morgan fingerprint density at radius 1 is 0.824 bits per heavy atom. The molecule has 3 rings (SSSR count). The van der Waals surface area contributed by atoms with Crippen molar-refractivity contribution >= 4 is 0 Å². The first kappa shape index (κ1) is 26.6. The van der Waals surface area contributed by atoms with Crippen molar-refractivity contribution in [3.8, 4) is 17.1 Å². The molecule has 1 fully saturated rings. The van der Waals surface area contributed by atoms with Gasteiger partial charge in [0.2, 0.25) is 5.82 Å². The SMILES string of the molecule is CCCCCCCc1cnc(-c2ccc(OCCCCCCCC3CCCC3)c(F)c2F)nc1. The Morgan fingerprint density at radius 2 is 1.50 bits per heavy atom. The summed E-state index contributed by atoms with van der Waals surface area (Å²) in [5.41, 5.74) is 1.10. The van der Waals surface area contributed by atoms with Gasteiger partial charge >= 0.3 is 0 Å². The quantitative estimate of drug-likeness (QED) is 0.229. The van der Waals surface area contributed by atoms with Crippen molar-refractivity contribution < 1.29 is 13.5 Å². The van der Waals surface area contributed by atoms with E-state index in [0.717, 1.165) is 37.2 Å². The molecule has 0 saturated heterocycles. The van der Waals surface area contributed by atoms with Crippen molar-refractivity contribution in [1.82, 2.24) is 9.97 Å². The minimum atomic E-state index is -0.960. The van der Waals surface area contributed by atoms with Gasteiger partial charge in [0.1, 0.15) is 0 Å². The summed E-state index contributed by atoms with van der Waals surface area (Å²) >= 11 is 0. The minimum absolute atomic E-state index is 0.0359. The van der Waals surface area contributed by atoms with Crippen LogP contribution in [0.1, 0.15) is 109 Å². The van der Waals surface area contributed by atoms with Gasteiger partial charge in [0, 0.05) is 12.4 Å². The van der Waals surface area contributed by atoms with Crippen LogP contribution in [0, 0.1) is 17.6 Å². The highest BCUT2D eigenvalue weighted by Crippen LogP contribution is 2.30. The number of benzene rings is 1. The van der Waals surface area contributed by atoms with Crippen LogP contribution in [0.3, 0.4) is 0 Å². The standard InChI is InChI=1S/C29H42F2N2O/c1-2-3-4-6-10-17-24-21-32-29(33-22-24)25-18-19-26(28(31)27(25)30)34-20-13-8-5-7-9-14-23-15-11-12-16-23/h18-19,21-23H,2-17,20H2,1H3. The Bertz CT molecular complexity index is 835. The molecule has 1 aliphatic carbocycles. The molecule has 0 amide bonds. The largest absolute Gasteiger partial charge is 0.490 e. The van der Waals surface area contributed by atoms with Crippen molar-refractivity contribution in [2.45, 2.75) is 110 Å². The fourth-order valence-electron chi connectivity index (χ4n) is 4.92. The summed E-state index contributed by atoms with van der Waals surface area (Å²) in [6.45, 7) is 2.61. The van der Waals surface area contributed by atoms with Crippen LogP contribution < -0.4 is 4.74 Å². The van der Waals surface area contributed by atoms with Crippen molar-refractivity contribution in [2.24, 2.45) is 5.92 Å². The molecule has 0 radical (unpaired) electrons. The molecule has 1 aromatic carbocycles. The van der Waals surface area contributed by atoms with E-state index in [9.17, 15) is 8.78 Å². The highest BCUT2D eigenvalue weighted by atomic mass is 19.2. The van der Waals surface area contributed by atoms with Crippen LogP contribution in [0.15, 0.2) is 24.5 Å². The Labute approximate surface area is 204 Å². The first-order valence-corrected chi connectivity index (χ1v) is 13.6. The zero-order valence-corrected chi connectivity index (χ0v) is 21.0. The molecule has 1 aromatic heterocycles. The second-order valence-corrected chi connectivity index (χ2v) is 9.87. The molecule has 2 aromatic rings. The van der Waals surface area contributed by atoms with E-state index in [1.807, 2.05) is 0 Å². The van der Waals surface area contributed by atoms with Crippen LogP contribution in [0.2, 0.25) is 0 Å². The lowest BCUT2D eigenvalue weighted by Gasteiger charge is -2.10. The van der Waals surface area contributed by atoms with Gasteiger partial charge < -0.3 is 4.74 Å². The van der Waals surface area contributed by atoms with Gasteiger partial charge in [-0.3, -0.25) is 0 Å². The third kappa shape index (κ3) is 8.63. The Balaban J connectivity index is 1.38. The van der Waals surface area contributed by atoms with Crippen molar-refractivity contribution in [3.05, 3.63) is 41.7 Å².